The minimum absolute atomic E-state index is 0.153. The average molecular weight is 498 g/mol. The van der Waals surface area contributed by atoms with E-state index in [4.69, 9.17) is 9.47 Å². The third-order valence-corrected chi connectivity index (χ3v) is 7.68. The lowest BCUT2D eigenvalue weighted by Crippen LogP contribution is -2.50. The number of carbonyl (C=O) groups is 2. The Labute approximate surface area is 217 Å². The summed E-state index contributed by atoms with van der Waals surface area (Å²) in [6.07, 6.45) is 1.79. The monoisotopic (exact) mass is 497 g/mol. The van der Waals surface area contributed by atoms with Crippen molar-refractivity contribution >= 4 is 12.2 Å². The number of likely N-dealkylation sites (tertiary alicyclic amines) is 1. The van der Waals surface area contributed by atoms with Crippen LogP contribution in [0, 0.1) is 0 Å². The van der Waals surface area contributed by atoms with Crippen molar-refractivity contribution in [3.63, 3.8) is 0 Å². The predicted molar refractivity (Wildman–Crippen MR) is 138 cm³/mol. The largest absolute Gasteiger partial charge is 0.443 e. The van der Waals surface area contributed by atoms with Gasteiger partial charge in [-0.3, -0.25) is 4.90 Å². The van der Waals surface area contributed by atoms with Crippen LogP contribution >= 0.6 is 0 Å². The predicted octanol–water partition coefficient (Wildman–Crippen LogP) is 5.32. The molecule has 3 aromatic rings. The Balaban J connectivity index is 1.22. The van der Waals surface area contributed by atoms with Gasteiger partial charge in [-0.05, 0) is 41.5 Å². The van der Waals surface area contributed by atoms with Gasteiger partial charge in [-0.15, -0.1) is 0 Å². The Kier molecular flexibility index (Phi) is 6.53. The van der Waals surface area contributed by atoms with Crippen LogP contribution in [-0.4, -0.2) is 52.3 Å². The second-order valence-electron chi connectivity index (χ2n) is 10.0. The van der Waals surface area contributed by atoms with Gasteiger partial charge in [0.2, 0.25) is 0 Å². The first-order valence-corrected chi connectivity index (χ1v) is 13.0. The standard InChI is InChI=1S/C30H31N3O4/c34-29(36-20-22-9-3-1-4-10-22)32-25-17-26(33(32)30(35)37-21-23-11-5-2-6-12-23)19-31(18-25)28-16-15-24-13-7-8-14-27(24)28/h1-14,25-26,28H,15-21H2. The number of hydrazine groups is 1. The molecule has 7 heteroatoms. The number of ether oxygens (including phenoxy) is 2. The number of fused-ring (bicyclic) bond motifs is 3. The molecule has 3 aromatic carbocycles. The second kappa shape index (κ2) is 10.3. The van der Waals surface area contributed by atoms with Gasteiger partial charge in [0, 0.05) is 19.1 Å². The Morgan fingerprint density at radius 2 is 1.22 bits per heavy atom. The summed E-state index contributed by atoms with van der Waals surface area (Å²) in [6.45, 7) is 1.69. The Morgan fingerprint density at radius 3 is 1.78 bits per heavy atom. The quantitative estimate of drug-likeness (QED) is 0.477. The number of carbonyl (C=O) groups excluding carboxylic acids is 2. The number of aryl methyl sites for hydroxylation is 1. The summed E-state index contributed by atoms with van der Waals surface area (Å²) in [4.78, 5) is 29.3. The van der Waals surface area contributed by atoms with E-state index in [1.54, 1.807) is 0 Å². The molecule has 0 N–H and O–H groups in total. The zero-order valence-corrected chi connectivity index (χ0v) is 20.7. The summed E-state index contributed by atoms with van der Waals surface area (Å²) in [6, 6.07) is 27.8. The highest BCUT2D eigenvalue weighted by Gasteiger charge is 2.52. The van der Waals surface area contributed by atoms with Crippen LogP contribution in [0.3, 0.4) is 0 Å². The Morgan fingerprint density at radius 1 is 0.703 bits per heavy atom. The molecule has 0 saturated carbocycles. The molecule has 190 valence electrons. The molecular formula is C30H31N3O4. The van der Waals surface area contributed by atoms with Crippen molar-refractivity contribution in [3.8, 4) is 0 Å². The lowest BCUT2D eigenvalue weighted by Gasteiger charge is -2.35. The minimum atomic E-state index is -0.512. The molecule has 2 fully saturated rings. The zero-order chi connectivity index (χ0) is 25.2. The normalized spacial score (nSPS) is 22.5. The number of amides is 2. The molecule has 0 spiro atoms. The highest BCUT2D eigenvalue weighted by Crippen LogP contribution is 2.41. The molecule has 2 amide bonds. The van der Waals surface area contributed by atoms with Gasteiger partial charge in [-0.1, -0.05) is 84.9 Å². The maximum atomic E-state index is 13.4. The van der Waals surface area contributed by atoms with E-state index in [-0.39, 0.29) is 25.3 Å². The third-order valence-electron chi connectivity index (χ3n) is 7.68. The first kappa shape index (κ1) is 23.6. The van der Waals surface area contributed by atoms with Gasteiger partial charge in [0.15, 0.2) is 0 Å². The van der Waals surface area contributed by atoms with Gasteiger partial charge < -0.3 is 9.47 Å². The first-order valence-electron chi connectivity index (χ1n) is 13.0. The van der Waals surface area contributed by atoms with Crippen LogP contribution in [0.4, 0.5) is 9.59 Å². The van der Waals surface area contributed by atoms with Crippen molar-refractivity contribution in [2.45, 2.75) is 50.6 Å². The highest BCUT2D eigenvalue weighted by atomic mass is 16.6. The van der Waals surface area contributed by atoms with Crippen LogP contribution in [0.15, 0.2) is 84.9 Å². The minimum Gasteiger partial charge on any atom is -0.443 e. The topological polar surface area (TPSA) is 62.3 Å². The highest BCUT2D eigenvalue weighted by molar-refractivity contribution is 5.76. The summed E-state index contributed by atoms with van der Waals surface area (Å²) in [7, 11) is 0. The molecule has 7 nitrogen and oxygen atoms in total. The molecule has 2 heterocycles. The molecule has 2 aliphatic heterocycles. The first-order chi connectivity index (χ1) is 18.2. The third kappa shape index (κ3) is 4.79. The molecule has 0 radical (unpaired) electrons. The van der Waals surface area contributed by atoms with Crippen molar-refractivity contribution in [2.24, 2.45) is 0 Å². The number of hydrogen-bond donors (Lipinski definition) is 0. The average Bonchev–Trinajstić information content (AvgIpc) is 3.49. The molecule has 3 atom stereocenters. The summed E-state index contributed by atoms with van der Waals surface area (Å²) in [5, 5.41) is 3.03. The van der Waals surface area contributed by atoms with E-state index in [9.17, 15) is 9.59 Å². The van der Waals surface area contributed by atoms with E-state index in [2.05, 4.69) is 29.2 Å². The number of piperidine rings is 1. The van der Waals surface area contributed by atoms with Crippen molar-refractivity contribution < 1.29 is 19.1 Å². The number of hydrogen-bond acceptors (Lipinski definition) is 5. The van der Waals surface area contributed by atoms with E-state index in [1.807, 2.05) is 60.7 Å². The van der Waals surface area contributed by atoms with Crippen molar-refractivity contribution in [3.05, 3.63) is 107 Å². The van der Waals surface area contributed by atoms with Crippen LogP contribution in [0.25, 0.3) is 0 Å². The number of nitrogens with zero attached hydrogens (tertiary/aromatic N) is 3. The lowest BCUT2D eigenvalue weighted by molar-refractivity contribution is -0.0199. The van der Waals surface area contributed by atoms with E-state index < -0.39 is 12.2 Å². The molecule has 2 saturated heterocycles. The number of rotatable bonds is 5. The van der Waals surface area contributed by atoms with Crippen LogP contribution in [-0.2, 0) is 29.1 Å². The van der Waals surface area contributed by atoms with E-state index in [1.165, 1.54) is 21.1 Å². The van der Waals surface area contributed by atoms with Gasteiger partial charge in [-0.25, -0.2) is 19.6 Å². The van der Waals surface area contributed by atoms with Crippen LogP contribution in [0.1, 0.15) is 41.1 Å². The van der Waals surface area contributed by atoms with Crippen molar-refractivity contribution in [1.82, 2.24) is 14.9 Å². The summed E-state index contributed by atoms with van der Waals surface area (Å²) in [5.41, 5.74) is 4.56. The molecular weight excluding hydrogens is 466 g/mol. The molecule has 0 aromatic heterocycles. The molecule has 2 bridgehead atoms. The van der Waals surface area contributed by atoms with Crippen molar-refractivity contribution in [2.75, 3.05) is 13.1 Å². The Hall–Kier alpha value is -3.84. The lowest BCUT2D eigenvalue weighted by atomic mass is 9.99. The Bertz CT molecular complexity index is 1180. The van der Waals surface area contributed by atoms with E-state index in [0.29, 0.717) is 25.6 Å². The van der Waals surface area contributed by atoms with Gasteiger partial charge in [-0.2, -0.15) is 0 Å². The molecule has 37 heavy (non-hydrogen) atoms. The van der Waals surface area contributed by atoms with Gasteiger partial charge in [0.25, 0.3) is 0 Å². The molecule has 6 rings (SSSR count). The van der Waals surface area contributed by atoms with Crippen LogP contribution in [0.5, 0.6) is 0 Å². The van der Waals surface area contributed by atoms with E-state index >= 15 is 0 Å². The van der Waals surface area contributed by atoms with Crippen LogP contribution in [0.2, 0.25) is 0 Å². The SMILES string of the molecule is O=C(OCc1ccccc1)N1C2CC(CN(C3CCc4ccccc43)C2)N1C(=O)OCc1ccccc1. The second-order valence-corrected chi connectivity index (χ2v) is 10.0. The molecule has 3 aliphatic rings. The fourth-order valence-corrected chi connectivity index (χ4v) is 6.00. The number of benzene rings is 3. The van der Waals surface area contributed by atoms with Crippen LogP contribution < -0.4 is 0 Å². The van der Waals surface area contributed by atoms with Gasteiger partial charge >= 0.3 is 12.2 Å². The molecule has 1 aliphatic carbocycles. The van der Waals surface area contributed by atoms with Gasteiger partial charge in [0.1, 0.15) is 13.2 Å². The summed E-state index contributed by atoms with van der Waals surface area (Å²) >= 11 is 0. The maximum absolute atomic E-state index is 13.4. The van der Waals surface area contributed by atoms with E-state index in [0.717, 1.165) is 24.0 Å². The summed E-state index contributed by atoms with van der Waals surface area (Å²) in [5.74, 6) is 0. The zero-order valence-electron chi connectivity index (χ0n) is 20.7. The fourth-order valence-electron chi connectivity index (χ4n) is 6.00. The maximum Gasteiger partial charge on any atom is 0.429 e. The van der Waals surface area contributed by atoms with Crippen molar-refractivity contribution in [1.29, 1.82) is 0 Å². The fraction of sp³-hybridized carbons (Fsp3) is 0.333. The van der Waals surface area contributed by atoms with Gasteiger partial charge in [0.05, 0.1) is 12.1 Å². The molecule has 3 unspecified atom stereocenters. The summed E-state index contributed by atoms with van der Waals surface area (Å²) < 4.78 is 11.4. The smallest absolute Gasteiger partial charge is 0.429 e.